The van der Waals surface area contributed by atoms with Crippen LogP contribution in [-0.2, 0) is 6.54 Å². The van der Waals surface area contributed by atoms with E-state index < -0.39 is 0 Å². The molecule has 1 atom stereocenters. The van der Waals surface area contributed by atoms with Crippen molar-refractivity contribution in [3.8, 4) is 0 Å². The maximum atomic E-state index is 6.03. The summed E-state index contributed by atoms with van der Waals surface area (Å²) in [7, 11) is 2.10. The number of aromatic nitrogens is 1. The minimum atomic E-state index is 0.189. The van der Waals surface area contributed by atoms with E-state index in [1.165, 1.54) is 16.0 Å². The van der Waals surface area contributed by atoms with E-state index in [1.54, 1.807) is 11.3 Å². The van der Waals surface area contributed by atoms with Gasteiger partial charge in [0.2, 0.25) is 0 Å². The van der Waals surface area contributed by atoms with E-state index in [4.69, 9.17) is 17.3 Å². The molecule has 2 aromatic rings. The SMILES string of the molecule is Cc1cc(Cl)ccc1C(CN)N(C)Cc1scnc1C. The molecule has 0 aliphatic rings. The predicted octanol–water partition coefficient (Wildman–Crippen LogP) is 3.55. The molecule has 20 heavy (non-hydrogen) atoms. The molecule has 1 heterocycles. The normalized spacial score (nSPS) is 12.9. The fraction of sp³-hybridized carbons (Fsp3) is 0.400. The molecule has 3 nitrogen and oxygen atoms in total. The zero-order chi connectivity index (χ0) is 14.7. The highest BCUT2D eigenvalue weighted by atomic mass is 35.5. The summed E-state index contributed by atoms with van der Waals surface area (Å²) in [4.78, 5) is 7.86. The molecule has 1 unspecified atom stereocenters. The molecule has 0 aliphatic heterocycles. The van der Waals surface area contributed by atoms with Crippen molar-refractivity contribution in [1.29, 1.82) is 0 Å². The van der Waals surface area contributed by atoms with Crippen LogP contribution >= 0.6 is 22.9 Å². The van der Waals surface area contributed by atoms with E-state index in [0.29, 0.717) is 6.54 Å². The maximum absolute atomic E-state index is 6.03. The lowest BCUT2D eigenvalue weighted by molar-refractivity contribution is 0.242. The lowest BCUT2D eigenvalue weighted by Gasteiger charge is -2.28. The van der Waals surface area contributed by atoms with Gasteiger partial charge in [-0.15, -0.1) is 11.3 Å². The molecule has 5 heteroatoms. The number of hydrogen-bond acceptors (Lipinski definition) is 4. The first-order chi connectivity index (χ1) is 9.52. The fourth-order valence-electron chi connectivity index (χ4n) is 2.37. The Labute approximate surface area is 129 Å². The van der Waals surface area contributed by atoms with E-state index in [0.717, 1.165) is 17.3 Å². The minimum Gasteiger partial charge on any atom is -0.329 e. The second kappa shape index (κ2) is 6.68. The minimum absolute atomic E-state index is 0.189. The van der Waals surface area contributed by atoms with Crippen LogP contribution in [0.2, 0.25) is 5.02 Å². The molecule has 2 rings (SSSR count). The van der Waals surface area contributed by atoms with Gasteiger partial charge < -0.3 is 5.73 Å². The summed E-state index contributed by atoms with van der Waals surface area (Å²) in [6.45, 7) is 5.57. The van der Waals surface area contributed by atoms with Crippen LogP contribution < -0.4 is 5.73 Å². The largest absolute Gasteiger partial charge is 0.329 e. The van der Waals surface area contributed by atoms with Crippen LogP contribution in [0.5, 0.6) is 0 Å². The summed E-state index contributed by atoms with van der Waals surface area (Å²) in [6.07, 6.45) is 0. The number of nitrogens with zero attached hydrogens (tertiary/aromatic N) is 2. The van der Waals surface area contributed by atoms with E-state index in [2.05, 4.69) is 29.9 Å². The van der Waals surface area contributed by atoms with Gasteiger partial charge in [0.1, 0.15) is 0 Å². The molecule has 108 valence electrons. The first-order valence-electron chi connectivity index (χ1n) is 6.58. The molecule has 0 aliphatic carbocycles. The van der Waals surface area contributed by atoms with Gasteiger partial charge in [-0.2, -0.15) is 0 Å². The molecule has 0 radical (unpaired) electrons. The lowest BCUT2D eigenvalue weighted by atomic mass is 10.00. The number of rotatable bonds is 5. The van der Waals surface area contributed by atoms with Gasteiger partial charge >= 0.3 is 0 Å². The molecule has 0 amide bonds. The number of hydrogen-bond donors (Lipinski definition) is 1. The Bertz CT molecular complexity index is 582. The van der Waals surface area contributed by atoms with Gasteiger partial charge in [0.25, 0.3) is 0 Å². The van der Waals surface area contributed by atoms with E-state index in [1.807, 2.05) is 24.6 Å². The Morgan fingerprint density at radius 3 is 2.70 bits per heavy atom. The monoisotopic (exact) mass is 309 g/mol. The van der Waals surface area contributed by atoms with Crippen LogP contribution in [0, 0.1) is 13.8 Å². The molecule has 1 aromatic heterocycles. The number of thiazole rings is 1. The van der Waals surface area contributed by atoms with Gasteiger partial charge in [-0.05, 0) is 44.2 Å². The van der Waals surface area contributed by atoms with Gasteiger partial charge in [-0.3, -0.25) is 4.90 Å². The molecule has 0 saturated carbocycles. The topological polar surface area (TPSA) is 42.1 Å². The summed E-state index contributed by atoms with van der Waals surface area (Å²) >= 11 is 7.72. The summed E-state index contributed by atoms with van der Waals surface area (Å²) < 4.78 is 0. The molecule has 1 aromatic carbocycles. The van der Waals surface area contributed by atoms with Crippen molar-refractivity contribution < 1.29 is 0 Å². The van der Waals surface area contributed by atoms with E-state index in [9.17, 15) is 0 Å². The Morgan fingerprint density at radius 1 is 1.40 bits per heavy atom. The van der Waals surface area contributed by atoms with Gasteiger partial charge in [0.15, 0.2) is 0 Å². The first kappa shape index (κ1) is 15.4. The van der Waals surface area contributed by atoms with E-state index >= 15 is 0 Å². The summed E-state index contributed by atoms with van der Waals surface area (Å²) in [5.74, 6) is 0. The molecule has 0 fully saturated rings. The Morgan fingerprint density at radius 2 is 2.15 bits per heavy atom. The Hall–Kier alpha value is -0.940. The number of likely N-dealkylation sites (N-methyl/N-ethyl adjacent to an activating group) is 1. The van der Waals surface area contributed by atoms with Gasteiger partial charge in [-0.25, -0.2) is 4.98 Å². The molecule has 2 N–H and O–H groups in total. The highest BCUT2D eigenvalue weighted by molar-refractivity contribution is 7.09. The molecule has 0 spiro atoms. The highest BCUT2D eigenvalue weighted by Crippen LogP contribution is 2.27. The van der Waals surface area contributed by atoms with Crippen molar-refractivity contribution in [2.75, 3.05) is 13.6 Å². The number of aryl methyl sites for hydroxylation is 2. The Kier molecular flexibility index (Phi) is 5.16. The summed E-state index contributed by atoms with van der Waals surface area (Å²) in [6, 6.07) is 6.18. The van der Waals surface area contributed by atoms with E-state index in [-0.39, 0.29) is 6.04 Å². The van der Waals surface area contributed by atoms with Gasteiger partial charge in [-0.1, -0.05) is 17.7 Å². The summed E-state index contributed by atoms with van der Waals surface area (Å²) in [5, 5.41) is 0.767. The van der Waals surface area contributed by atoms with Crippen molar-refractivity contribution >= 4 is 22.9 Å². The molecular formula is C15H20ClN3S. The van der Waals surface area contributed by atoms with Crippen molar-refractivity contribution in [3.05, 3.63) is 50.4 Å². The Balaban J connectivity index is 2.21. The number of benzene rings is 1. The third-order valence-corrected chi connectivity index (χ3v) is 4.74. The second-order valence-corrected chi connectivity index (χ2v) is 6.40. The molecule has 0 bridgehead atoms. The summed E-state index contributed by atoms with van der Waals surface area (Å²) in [5.41, 5.74) is 11.4. The number of nitrogens with two attached hydrogens (primary N) is 1. The van der Waals surface area contributed by atoms with Crippen molar-refractivity contribution in [2.45, 2.75) is 26.4 Å². The third kappa shape index (κ3) is 3.38. The third-order valence-electron chi connectivity index (χ3n) is 3.58. The smallest absolute Gasteiger partial charge is 0.0798 e. The highest BCUT2D eigenvalue weighted by Gasteiger charge is 2.19. The van der Waals surface area contributed by atoms with Crippen LogP contribution in [0.4, 0.5) is 0 Å². The lowest BCUT2D eigenvalue weighted by Crippen LogP contribution is -2.30. The second-order valence-electron chi connectivity index (χ2n) is 5.03. The van der Waals surface area contributed by atoms with Crippen molar-refractivity contribution in [1.82, 2.24) is 9.88 Å². The van der Waals surface area contributed by atoms with Gasteiger partial charge in [0, 0.05) is 29.0 Å². The van der Waals surface area contributed by atoms with Crippen LogP contribution in [0.1, 0.15) is 27.7 Å². The van der Waals surface area contributed by atoms with Gasteiger partial charge in [0.05, 0.1) is 11.2 Å². The average molecular weight is 310 g/mol. The fourth-order valence-corrected chi connectivity index (χ4v) is 3.44. The zero-order valence-corrected chi connectivity index (χ0v) is 13.6. The number of halogens is 1. The average Bonchev–Trinajstić information content (AvgIpc) is 2.78. The zero-order valence-electron chi connectivity index (χ0n) is 12.1. The van der Waals surface area contributed by atoms with Crippen molar-refractivity contribution in [3.63, 3.8) is 0 Å². The standard InChI is InChI=1S/C15H20ClN3S/c1-10-6-12(16)4-5-13(10)14(7-17)19(3)8-15-11(2)18-9-20-15/h4-6,9,14H,7-8,17H2,1-3H3. The maximum Gasteiger partial charge on any atom is 0.0798 e. The van der Waals surface area contributed by atoms with Crippen LogP contribution in [-0.4, -0.2) is 23.5 Å². The predicted molar refractivity (Wildman–Crippen MR) is 86.3 cm³/mol. The molecular weight excluding hydrogens is 290 g/mol. The van der Waals surface area contributed by atoms with Crippen LogP contribution in [0.3, 0.4) is 0 Å². The van der Waals surface area contributed by atoms with Crippen molar-refractivity contribution in [2.24, 2.45) is 5.73 Å². The quantitative estimate of drug-likeness (QED) is 0.918. The van der Waals surface area contributed by atoms with Crippen LogP contribution in [0.25, 0.3) is 0 Å². The van der Waals surface area contributed by atoms with Crippen LogP contribution in [0.15, 0.2) is 23.7 Å². The first-order valence-corrected chi connectivity index (χ1v) is 7.84. The molecule has 0 saturated heterocycles.